The number of nitrogen functional groups attached to an aromatic ring is 1. The van der Waals surface area contributed by atoms with E-state index in [1.54, 1.807) is 6.20 Å². The molecule has 2 aromatic rings. The van der Waals surface area contributed by atoms with Crippen LogP contribution in [0.4, 0.5) is 5.69 Å². The van der Waals surface area contributed by atoms with Gasteiger partial charge in [0, 0.05) is 17.3 Å². The van der Waals surface area contributed by atoms with E-state index in [1.165, 1.54) is 0 Å². The smallest absolute Gasteiger partial charge is 0.0871 e. The molecule has 1 aromatic heterocycles. The van der Waals surface area contributed by atoms with Crippen molar-refractivity contribution in [1.29, 1.82) is 0 Å². The largest absolute Gasteiger partial charge is 0.399 e. The first-order chi connectivity index (χ1) is 7.59. The number of hydrogen-bond donors (Lipinski definition) is 1. The summed E-state index contributed by atoms with van der Waals surface area (Å²) in [5, 5.41) is 4.93. The topological polar surface area (TPSA) is 43.8 Å². The van der Waals surface area contributed by atoms with Crippen LogP contribution in [0.1, 0.15) is 19.9 Å². The molecule has 2 rings (SSSR count). The highest BCUT2D eigenvalue weighted by molar-refractivity contribution is 6.33. The van der Waals surface area contributed by atoms with Crippen molar-refractivity contribution in [1.82, 2.24) is 9.78 Å². The summed E-state index contributed by atoms with van der Waals surface area (Å²) < 4.78 is 1.91. The molecule has 3 nitrogen and oxygen atoms in total. The zero-order valence-corrected chi connectivity index (χ0v) is 10.1. The van der Waals surface area contributed by atoms with Crippen molar-refractivity contribution in [3.05, 3.63) is 35.5 Å². The second-order valence-electron chi connectivity index (χ2n) is 4.00. The number of anilines is 1. The molecule has 0 unspecified atom stereocenters. The zero-order valence-electron chi connectivity index (χ0n) is 9.31. The van der Waals surface area contributed by atoms with Crippen LogP contribution in [0.2, 0.25) is 5.02 Å². The van der Waals surface area contributed by atoms with Crippen molar-refractivity contribution in [3.8, 4) is 11.3 Å². The molecule has 0 aliphatic rings. The van der Waals surface area contributed by atoms with Crippen molar-refractivity contribution in [2.45, 2.75) is 19.9 Å². The Bertz CT molecular complexity index is 485. The van der Waals surface area contributed by atoms with Crippen LogP contribution >= 0.6 is 11.6 Å². The van der Waals surface area contributed by atoms with Crippen LogP contribution in [0.25, 0.3) is 11.3 Å². The zero-order chi connectivity index (χ0) is 11.7. The van der Waals surface area contributed by atoms with Crippen LogP contribution in [0, 0.1) is 0 Å². The molecule has 0 bridgehead atoms. The lowest BCUT2D eigenvalue weighted by atomic mass is 10.1. The van der Waals surface area contributed by atoms with Gasteiger partial charge in [0.2, 0.25) is 0 Å². The summed E-state index contributed by atoms with van der Waals surface area (Å²) in [5.41, 5.74) is 8.38. The molecule has 1 heterocycles. The molecule has 1 aromatic carbocycles. The number of rotatable bonds is 2. The highest BCUT2D eigenvalue weighted by Crippen LogP contribution is 2.30. The predicted octanol–water partition coefficient (Wildman–Crippen LogP) is 3.37. The third-order valence-corrected chi connectivity index (χ3v) is 2.70. The molecule has 0 radical (unpaired) electrons. The number of aromatic nitrogens is 2. The van der Waals surface area contributed by atoms with E-state index >= 15 is 0 Å². The maximum Gasteiger partial charge on any atom is 0.0871 e. The maximum absolute atomic E-state index is 6.15. The van der Waals surface area contributed by atoms with Gasteiger partial charge in [0.15, 0.2) is 0 Å². The van der Waals surface area contributed by atoms with Gasteiger partial charge in [-0.25, -0.2) is 0 Å². The molecule has 0 fully saturated rings. The second kappa shape index (κ2) is 4.18. The minimum absolute atomic E-state index is 0.278. The van der Waals surface area contributed by atoms with E-state index < -0.39 is 0 Å². The molecule has 0 amide bonds. The lowest BCUT2D eigenvalue weighted by molar-refractivity contribution is 0.538. The van der Waals surface area contributed by atoms with E-state index in [0.717, 1.165) is 16.9 Å². The van der Waals surface area contributed by atoms with Gasteiger partial charge in [0.1, 0.15) is 0 Å². The van der Waals surface area contributed by atoms with Gasteiger partial charge in [-0.05, 0) is 26.0 Å². The lowest BCUT2D eigenvalue weighted by Gasteiger charge is -2.11. The van der Waals surface area contributed by atoms with Crippen LogP contribution in [-0.4, -0.2) is 9.78 Å². The average Bonchev–Trinajstić information content (AvgIpc) is 2.62. The summed E-state index contributed by atoms with van der Waals surface area (Å²) in [6, 6.07) is 7.92. The Morgan fingerprint density at radius 3 is 2.44 bits per heavy atom. The van der Waals surface area contributed by atoms with E-state index in [0.29, 0.717) is 5.02 Å². The van der Waals surface area contributed by atoms with Gasteiger partial charge < -0.3 is 5.73 Å². The van der Waals surface area contributed by atoms with Gasteiger partial charge in [-0.2, -0.15) is 5.10 Å². The first kappa shape index (κ1) is 11.0. The fourth-order valence-electron chi connectivity index (χ4n) is 1.64. The summed E-state index contributed by atoms with van der Waals surface area (Å²) in [6.45, 7) is 4.15. The molecule has 4 heteroatoms. The highest BCUT2D eigenvalue weighted by atomic mass is 35.5. The summed E-state index contributed by atoms with van der Waals surface area (Å²) in [4.78, 5) is 0. The van der Waals surface area contributed by atoms with Gasteiger partial charge in [0.25, 0.3) is 0 Å². The molecule has 0 aliphatic heterocycles. The maximum atomic E-state index is 6.15. The normalized spacial score (nSPS) is 11.0. The quantitative estimate of drug-likeness (QED) is 0.812. The van der Waals surface area contributed by atoms with Crippen LogP contribution < -0.4 is 5.73 Å². The summed E-state index contributed by atoms with van der Waals surface area (Å²) in [6.07, 6.45) is 1.67. The first-order valence-electron chi connectivity index (χ1n) is 5.18. The first-order valence-corrected chi connectivity index (χ1v) is 5.56. The number of hydrogen-bond acceptors (Lipinski definition) is 2. The highest BCUT2D eigenvalue weighted by Gasteiger charge is 2.13. The van der Waals surface area contributed by atoms with E-state index in [1.807, 2.05) is 28.9 Å². The Morgan fingerprint density at radius 1 is 1.25 bits per heavy atom. The van der Waals surface area contributed by atoms with E-state index in [-0.39, 0.29) is 6.04 Å². The number of nitrogens with two attached hydrogens (primary N) is 1. The Kier molecular flexibility index (Phi) is 2.88. The standard InChI is InChI=1S/C12H14ClN3/c1-8(2)16-12(11(13)7-15-16)9-3-5-10(14)6-4-9/h3-8H,14H2,1-2H3. The van der Waals surface area contributed by atoms with Crippen molar-refractivity contribution in [2.75, 3.05) is 5.73 Å². The van der Waals surface area contributed by atoms with Crippen molar-refractivity contribution >= 4 is 17.3 Å². The van der Waals surface area contributed by atoms with Crippen LogP contribution in [0.15, 0.2) is 30.5 Å². The molecule has 0 atom stereocenters. The SMILES string of the molecule is CC(C)n1ncc(Cl)c1-c1ccc(N)cc1. The molecule has 16 heavy (non-hydrogen) atoms. The fourth-order valence-corrected chi connectivity index (χ4v) is 1.88. The van der Waals surface area contributed by atoms with Gasteiger partial charge in [-0.3, -0.25) is 4.68 Å². The third kappa shape index (κ3) is 1.91. The fraction of sp³-hybridized carbons (Fsp3) is 0.250. The average molecular weight is 236 g/mol. The summed E-state index contributed by atoms with van der Waals surface area (Å²) >= 11 is 6.15. The second-order valence-corrected chi connectivity index (χ2v) is 4.41. The molecule has 0 saturated carbocycles. The predicted molar refractivity (Wildman–Crippen MR) is 67.5 cm³/mol. The Morgan fingerprint density at radius 2 is 1.88 bits per heavy atom. The minimum Gasteiger partial charge on any atom is -0.399 e. The van der Waals surface area contributed by atoms with E-state index in [4.69, 9.17) is 17.3 Å². The van der Waals surface area contributed by atoms with Crippen molar-refractivity contribution in [2.24, 2.45) is 0 Å². The monoisotopic (exact) mass is 235 g/mol. The van der Waals surface area contributed by atoms with Gasteiger partial charge in [0.05, 0.1) is 16.9 Å². The summed E-state index contributed by atoms with van der Waals surface area (Å²) in [7, 11) is 0. The molecular formula is C12H14ClN3. The Hall–Kier alpha value is -1.48. The number of nitrogens with zero attached hydrogens (tertiary/aromatic N) is 2. The van der Waals surface area contributed by atoms with Crippen LogP contribution in [0.5, 0.6) is 0 Å². The number of halogens is 1. The molecule has 0 aliphatic carbocycles. The third-order valence-electron chi connectivity index (χ3n) is 2.42. The van der Waals surface area contributed by atoms with Crippen molar-refractivity contribution < 1.29 is 0 Å². The van der Waals surface area contributed by atoms with Gasteiger partial charge >= 0.3 is 0 Å². The molecule has 2 N–H and O–H groups in total. The van der Waals surface area contributed by atoms with Crippen LogP contribution in [0.3, 0.4) is 0 Å². The molecule has 0 saturated heterocycles. The minimum atomic E-state index is 0.278. The molecule has 0 spiro atoms. The van der Waals surface area contributed by atoms with Gasteiger partial charge in [-0.15, -0.1) is 0 Å². The van der Waals surface area contributed by atoms with E-state index in [2.05, 4.69) is 18.9 Å². The summed E-state index contributed by atoms with van der Waals surface area (Å²) in [5.74, 6) is 0. The Labute approximate surface area is 99.8 Å². The van der Waals surface area contributed by atoms with E-state index in [9.17, 15) is 0 Å². The molecule has 84 valence electrons. The lowest BCUT2D eigenvalue weighted by Crippen LogP contribution is -2.04. The number of benzene rings is 1. The van der Waals surface area contributed by atoms with Crippen molar-refractivity contribution in [3.63, 3.8) is 0 Å². The van der Waals surface area contributed by atoms with Crippen LogP contribution in [-0.2, 0) is 0 Å². The van der Waals surface area contributed by atoms with Gasteiger partial charge in [-0.1, -0.05) is 23.7 Å². The molecular weight excluding hydrogens is 222 g/mol. The Balaban J connectivity index is 2.54.